The molecule has 0 aromatic heterocycles. The average molecular weight is 196 g/mol. The van der Waals surface area contributed by atoms with Gasteiger partial charge in [0.05, 0.1) is 0 Å². The van der Waals surface area contributed by atoms with E-state index in [0.717, 1.165) is 18.8 Å². The van der Waals surface area contributed by atoms with Crippen LogP contribution in [0.25, 0.3) is 0 Å². The number of carbonyl (C=O) groups is 1. The van der Waals surface area contributed by atoms with Crippen LogP contribution in [0, 0.1) is 5.92 Å². The maximum Gasteiger partial charge on any atom is 0.331 e. The van der Waals surface area contributed by atoms with Crippen molar-refractivity contribution < 1.29 is 9.53 Å². The van der Waals surface area contributed by atoms with Crippen molar-refractivity contribution in [1.82, 2.24) is 0 Å². The van der Waals surface area contributed by atoms with Gasteiger partial charge >= 0.3 is 5.97 Å². The fraction of sp³-hybridized carbons (Fsp3) is 0.750. The Morgan fingerprint density at radius 3 is 2.71 bits per heavy atom. The predicted octanol–water partition coefficient (Wildman–Crippen LogP) is 3.07. The number of cyclic esters (lactones) is 1. The van der Waals surface area contributed by atoms with E-state index in [2.05, 4.69) is 13.8 Å². The largest absolute Gasteiger partial charge is 0.455 e. The minimum atomic E-state index is -0.183. The molecule has 1 rings (SSSR count). The van der Waals surface area contributed by atoms with Gasteiger partial charge in [-0.3, -0.25) is 0 Å². The molecule has 0 N–H and O–H groups in total. The van der Waals surface area contributed by atoms with E-state index in [9.17, 15) is 4.79 Å². The summed E-state index contributed by atoms with van der Waals surface area (Å²) in [5.41, 5.74) is 0. The van der Waals surface area contributed by atoms with Gasteiger partial charge in [-0.2, -0.15) is 0 Å². The van der Waals surface area contributed by atoms with Gasteiger partial charge in [-0.05, 0) is 24.8 Å². The zero-order valence-corrected chi connectivity index (χ0v) is 9.16. The third-order valence-electron chi connectivity index (χ3n) is 2.48. The Labute approximate surface area is 86.3 Å². The van der Waals surface area contributed by atoms with Crippen molar-refractivity contribution in [2.45, 2.75) is 52.1 Å². The number of carbonyl (C=O) groups excluding carboxylic acids is 1. The first kappa shape index (κ1) is 11.3. The maximum absolute atomic E-state index is 10.7. The lowest BCUT2D eigenvalue weighted by molar-refractivity contribution is -0.138. The van der Waals surface area contributed by atoms with Gasteiger partial charge < -0.3 is 4.74 Å². The van der Waals surface area contributed by atoms with E-state index < -0.39 is 0 Å². The molecule has 2 nitrogen and oxygen atoms in total. The molecule has 0 aromatic rings. The summed E-state index contributed by atoms with van der Waals surface area (Å²) >= 11 is 0. The Kier molecular flexibility index (Phi) is 4.71. The van der Waals surface area contributed by atoms with Gasteiger partial charge in [-0.25, -0.2) is 4.79 Å². The molecule has 0 radical (unpaired) electrons. The van der Waals surface area contributed by atoms with Crippen molar-refractivity contribution in [2.75, 3.05) is 0 Å². The maximum atomic E-state index is 10.7. The molecule has 2 heteroatoms. The standard InChI is InChI=1S/C12H20O2/c1-10(2)6-4-3-5-7-11-8-9-12(13)14-11/h8-11H,3-7H2,1-2H3. The van der Waals surface area contributed by atoms with Gasteiger partial charge in [0.1, 0.15) is 6.10 Å². The molecule has 0 saturated carbocycles. The van der Waals surface area contributed by atoms with Crippen LogP contribution in [0.3, 0.4) is 0 Å². The summed E-state index contributed by atoms with van der Waals surface area (Å²) in [6.45, 7) is 4.50. The Morgan fingerprint density at radius 2 is 2.14 bits per heavy atom. The van der Waals surface area contributed by atoms with Crippen molar-refractivity contribution >= 4 is 5.97 Å². The van der Waals surface area contributed by atoms with Crippen LogP contribution in [0.4, 0.5) is 0 Å². The molecule has 0 spiro atoms. The molecule has 0 fully saturated rings. The van der Waals surface area contributed by atoms with Crippen LogP contribution in [-0.2, 0) is 9.53 Å². The molecule has 0 amide bonds. The molecule has 1 aliphatic rings. The zero-order valence-electron chi connectivity index (χ0n) is 9.16. The van der Waals surface area contributed by atoms with E-state index in [1.54, 1.807) is 0 Å². The van der Waals surface area contributed by atoms with Crippen molar-refractivity contribution in [1.29, 1.82) is 0 Å². The minimum Gasteiger partial charge on any atom is -0.455 e. The van der Waals surface area contributed by atoms with E-state index in [-0.39, 0.29) is 12.1 Å². The molecule has 14 heavy (non-hydrogen) atoms. The van der Waals surface area contributed by atoms with Crippen molar-refractivity contribution in [3.05, 3.63) is 12.2 Å². The topological polar surface area (TPSA) is 26.3 Å². The number of hydrogen-bond acceptors (Lipinski definition) is 2. The Bertz CT molecular complexity index is 206. The lowest BCUT2D eigenvalue weighted by Gasteiger charge is -2.08. The van der Waals surface area contributed by atoms with Gasteiger partial charge in [-0.15, -0.1) is 0 Å². The minimum absolute atomic E-state index is 0.0570. The van der Waals surface area contributed by atoms with Crippen LogP contribution < -0.4 is 0 Å². The van der Waals surface area contributed by atoms with Gasteiger partial charge in [0, 0.05) is 6.08 Å². The molecule has 1 aliphatic heterocycles. The van der Waals surface area contributed by atoms with E-state index in [0.29, 0.717) is 0 Å². The number of unbranched alkanes of at least 4 members (excludes halogenated alkanes) is 2. The second kappa shape index (κ2) is 5.84. The fourth-order valence-corrected chi connectivity index (χ4v) is 1.64. The summed E-state index contributed by atoms with van der Waals surface area (Å²) in [7, 11) is 0. The third kappa shape index (κ3) is 4.45. The Balaban J connectivity index is 1.94. The SMILES string of the molecule is CC(C)CCCCCC1C=CC(=O)O1. The van der Waals surface area contributed by atoms with E-state index in [4.69, 9.17) is 4.74 Å². The smallest absolute Gasteiger partial charge is 0.331 e. The van der Waals surface area contributed by atoms with Gasteiger partial charge in [-0.1, -0.05) is 33.1 Å². The Hall–Kier alpha value is -0.790. The first-order valence-corrected chi connectivity index (χ1v) is 5.57. The third-order valence-corrected chi connectivity index (χ3v) is 2.48. The van der Waals surface area contributed by atoms with Crippen LogP contribution in [0.1, 0.15) is 46.0 Å². The molecular weight excluding hydrogens is 176 g/mol. The average Bonchev–Trinajstić information content (AvgIpc) is 2.50. The summed E-state index contributed by atoms with van der Waals surface area (Å²) in [6.07, 6.45) is 9.45. The number of esters is 1. The normalized spacial score (nSPS) is 20.5. The molecular formula is C12H20O2. The summed E-state index contributed by atoms with van der Waals surface area (Å²) < 4.78 is 5.04. The van der Waals surface area contributed by atoms with Crippen molar-refractivity contribution in [3.63, 3.8) is 0 Å². The van der Waals surface area contributed by atoms with Crippen LogP contribution in [0.5, 0.6) is 0 Å². The molecule has 80 valence electrons. The van der Waals surface area contributed by atoms with E-state index in [1.165, 1.54) is 25.3 Å². The predicted molar refractivity (Wildman–Crippen MR) is 56.9 cm³/mol. The quantitative estimate of drug-likeness (QED) is 0.482. The van der Waals surface area contributed by atoms with Crippen LogP contribution in [-0.4, -0.2) is 12.1 Å². The highest BCUT2D eigenvalue weighted by atomic mass is 16.5. The highest BCUT2D eigenvalue weighted by Gasteiger charge is 2.15. The van der Waals surface area contributed by atoms with Crippen LogP contribution in [0.15, 0.2) is 12.2 Å². The number of hydrogen-bond donors (Lipinski definition) is 0. The van der Waals surface area contributed by atoms with E-state index >= 15 is 0 Å². The summed E-state index contributed by atoms with van der Waals surface area (Å²) in [5, 5.41) is 0. The number of ether oxygens (including phenoxy) is 1. The summed E-state index contributed by atoms with van der Waals surface area (Å²) in [4.78, 5) is 10.7. The Morgan fingerprint density at radius 1 is 1.36 bits per heavy atom. The monoisotopic (exact) mass is 196 g/mol. The fourth-order valence-electron chi connectivity index (χ4n) is 1.64. The molecule has 0 aliphatic carbocycles. The first-order chi connectivity index (χ1) is 6.68. The molecule has 1 heterocycles. The van der Waals surface area contributed by atoms with E-state index in [1.807, 2.05) is 6.08 Å². The second-order valence-electron chi connectivity index (χ2n) is 4.37. The lowest BCUT2D eigenvalue weighted by Crippen LogP contribution is -2.07. The van der Waals surface area contributed by atoms with Crippen molar-refractivity contribution in [2.24, 2.45) is 5.92 Å². The van der Waals surface area contributed by atoms with Crippen molar-refractivity contribution in [3.8, 4) is 0 Å². The zero-order chi connectivity index (χ0) is 10.4. The summed E-state index contributed by atoms with van der Waals surface area (Å²) in [5.74, 6) is 0.622. The van der Waals surface area contributed by atoms with Crippen LogP contribution >= 0.6 is 0 Å². The van der Waals surface area contributed by atoms with Gasteiger partial charge in [0.15, 0.2) is 0 Å². The molecule has 0 bridgehead atoms. The van der Waals surface area contributed by atoms with Gasteiger partial charge in [0.25, 0.3) is 0 Å². The van der Waals surface area contributed by atoms with Crippen LogP contribution in [0.2, 0.25) is 0 Å². The second-order valence-corrected chi connectivity index (χ2v) is 4.37. The lowest BCUT2D eigenvalue weighted by atomic mass is 10.0. The number of rotatable bonds is 6. The molecule has 1 atom stereocenters. The van der Waals surface area contributed by atoms with Gasteiger partial charge in [0.2, 0.25) is 0 Å². The molecule has 0 saturated heterocycles. The highest BCUT2D eigenvalue weighted by Crippen LogP contribution is 2.15. The highest BCUT2D eigenvalue weighted by molar-refractivity contribution is 5.84. The molecule has 0 aromatic carbocycles. The molecule has 1 unspecified atom stereocenters. The summed E-state index contributed by atoms with van der Waals surface area (Å²) in [6, 6.07) is 0. The first-order valence-electron chi connectivity index (χ1n) is 5.57.